The third-order valence-electron chi connectivity index (χ3n) is 2.77. The zero-order chi connectivity index (χ0) is 15.1. The van der Waals surface area contributed by atoms with Crippen LogP contribution < -0.4 is 15.4 Å². The van der Waals surface area contributed by atoms with E-state index in [1.807, 2.05) is 0 Å². The predicted molar refractivity (Wildman–Crippen MR) is 71.4 cm³/mol. The summed E-state index contributed by atoms with van der Waals surface area (Å²) in [6, 6.07) is 3.26. The van der Waals surface area contributed by atoms with E-state index in [1.54, 1.807) is 6.92 Å². The van der Waals surface area contributed by atoms with Crippen molar-refractivity contribution < 1.29 is 23.8 Å². The van der Waals surface area contributed by atoms with Crippen molar-refractivity contribution in [2.45, 2.75) is 13.3 Å². The second-order valence-electron chi connectivity index (χ2n) is 4.12. The first-order valence-corrected chi connectivity index (χ1v) is 6.09. The van der Waals surface area contributed by atoms with Gasteiger partial charge in [0.1, 0.15) is 11.6 Å². The Morgan fingerprint density at radius 3 is 2.70 bits per heavy atom. The lowest BCUT2D eigenvalue weighted by Crippen LogP contribution is -2.35. The molecule has 3 N–H and O–H groups in total. The summed E-state index contributed by atoms with van der Waals surface area (Å²) in [6.07, 6.45) is 0.392. The molecule has 6 nitrogen and oxygen atoms in total. The SMILES string of the molecule is CCC(CNC(=O)Nc1cc(OC)ccc1F)C(=O)O. The molecule has 2 amide bonds. The third-order valence-corrected chi connectivity index (χ3v) is 2.77. The molecular formula is C13H17FN2O4. The van der Waals surface area contributed by atoms with E-state index in [4.69, 9.17) is 9.84 Å². The van der Waals surface area contributed by atoms with Crippen LogP contribution in [0, 0.1) is 11.7 Å². The average Bonchev–Trinajstić information content (AvgIpc) is 2.41. The number of anilines is 1. The third kappa shape index (κ3) is 4.42. The Labute approximate surface area is 115 Å². The molecule has 1 rings (SSSR count). The molecule has 20 heavy (non-hydrogen) atoms. The molecule has 0 heterocycles. The number of rotatable bonds is 6. The van der Waals surface area contributed by atoms with Crippen molar-refractivity contribution in [1.29, 1.82) is 0 Å². The van der Waals surface area contributed by atoms with E-state index in [0.29, 0.717) is 12.2 Å². The van der Waals surface area contributed by atoms with E-state index < -0.39 is 23.7 Å². The van der Waals surface area contributed by atoms with Crippen LogP contribution in [0.15, 0.2) is 18.2 Å². The molecule has 0 spiro atoms. The van der Waals surface area contributed by atoms with Gasteiger partial charge in [-0.2, -0.15) is 0 Å². The number of nitrogens with one attached hydrogen (secondary N) is 2. The van der Waals surface area contributed by atoms with Gasteiger partial charge in [-0.3, -0.25) is 4.79 Å². The number of carbonyl (C=O) groups is 2. The molecule has 0 aromatic heterocycles. The Morgan fingerprint density at radius 1 is 1.45 bits per heavy atom. The molecule has 1 aromatic rings. The fourth-order valence-corrected chi connectivity index (χ4v) is 1.52. The molecule has 1 unspecified atom stereocenters. The molecule has 0 aliphatic carbocycles. The van der Waals surface area contributed by atoms with E-state index >= 15 is 0 Å². The van der Waals surface area contributed by atoms with Crippen LogP contribution in [0.4, 0.5) is 14.9 Å². The molecule has 0 radical (unpaired) electrons. The first kappa shape index (κ1) is 15.7. The zero-order valence-electron chi connectivity index (χ0n) is 11.3. The number of benzene rings is 1. The molecule has 0 saturated heterocycles. The van der Waals surface area contributed by atoms with Gasteiger partial charge in [0.2, 0.25) is 0 Å². The van der Waals surface area contributed by atoms with Crippen LogP contribution in [0.3, 0.4) is 0 Å². The fraction of sp³-hybridized carbons (Fsp3) is 0.385. The van der Waals surface area contributed by atoms with Crippen molar-refractivity contribution in [1.82, 2.24) is 5.32 Å². The maximum Gasteiger partial charge on any atom is 0.319 e. The minimum absolute atomic E-state index is 0.0245. The Kier molecular flexibility index (Phi) is 5.76. The summed E-state index contributed by atoms with van der Waals surface area (Å²) in [7, 11) is 1.43. The van der Waals surface area contributed by atoms with Gasteiger partial charge in [0, 0.05) is 12.6 Å². The topological polar surface area (TPSA) is 87.7 Å². The Hall–Kier alpha value is -2.31. The van der Waals surface area contributed by atoms with E-state index in [2.05, 4.69) is 10.6 Å². The minimum Gasteiger partial charge on any atom is -0.497 e. The largest absolute Gasteiger partial charge is 0.497 e. The van der Waals surface area contributed by atoms with Crippen molar-refractivity contribution in [3.05, 3.63) is 24.0 Å². The number of hydrogen-bond acceptors (Lipinski definition) is 3. The first-order chi connectivity index (χ1) is 9.47. The number of ether oxygens (including phenoxy) is 1. The molecule has 0 saturated carbocycles. The van der Waals surface area contributed by atoms with Crippen LogP contribution in [0.2, 0.25) is 0 Å². The van der Waals surface area contributed by atoms with Crippen LogP contribution in [0.5, 0.6) is 5.75 Å². The van der Waals surface area contributed by atoms with E-state index in [1.165, 1.54) is 25.3 Å². The van der Waals surface area contributed by atoms with Crippen LogP contribution in [0.25, 0.3) is 0 Å². The van der Waals surface area contributed by atoms with Crippen molar-refractivity contribution in [3.8, 4) is 5.75 Å². The lowest BCUT2D eigenvalue weighted by atomic mass is 10.1. The van der Waals surface area contributed by atoms with Crippen molar-refractivity contribution >= 4 is 17.7 Å². The Bertz CT molecular complexity index is 493. The normalized spacial score (nSPS) is 11.6. The highest BCUT2D eigenvalue weighted by Crippen LogP contribution is 2.20. The number of halogens is 1. The smallest absolute Gasteiger partial charge is 0.319 e. The molecule has 1 aromatic carbocycles. The summed E-state index contributed by atoms with van der Waals surface area (Å²) in [6.45, 7) is 1.68. The molecule has 110 valence electrons. The second-order valence-corrected chi connectivity index (χ2v) is 4.12. The molecule has 7 heteroatoms. The number of urea groups is 1. The number of aliphatic carboxylic acids is 1. The van der Waals surface area contributed by atoms with Gasteiger partial charge in [0.05, 0.1) is 18.7 Å². The highest BCUT2D eigenvalue weighted by atomic mass is 19.1. The second kappa shape index (κ2) is 7.32. The molecule has 0 aliphatic rings. The van der Waals surface area contributed by atoms with E-state index in [0.717, 1.165) is 0 Å². The molecular weight excluding hydrogens is 267 g/mol. The van der Waals surface area contributed by atoms with Gasteiger partial charge in [0.25, 0.3) is 0 Å². The Balaban J connectivity index is 2.60. The van der Waals surface area contributed by atoms with Crippen molar-refractivity contribution in [3.63, 3.8) is 0 Å². The average molecular weight is 284 g/mol. The maximum atomic E-state index is 13.5. The standard InChI is InChI=1S/C13H17FN2O4/c1-3-8(12(17)18)7-15-13(19)16-11-6-9(20-2)4-5-10(11)14/h4-6,8H,3,7H2,1-2H3,(H,17,18)(H2,15,16,19). The lowest BCUT2D eigenvalue weighted by Gasteiger charge is -2.12. The summed E-state index contributed by atoms with van der Waals surface area (Å²) in [4.78, 5) is 22.4. The minimum atomic E-state index is -0.986. The summed E-state index contributed by atoms with van der Waals surface area (Å²) in [5.41, 5.74) is -0.0368. The van der Waals surface area contributed by atoms with Crippen molar-refractivity contribution in [2.75, 3.05) is 19.0 Å². The zero-order valence-corrected chi connectivity index (χ0v) is 11.3. The van der Waals surface area contributed by atoms with Gasteiger partial charge >= 0.3 is 12.0 Å². The predicted octanol–water partition coefficient (Wildman–Crippen LogP) is 2.07. The summed E-state index contributed by atoms with van der Waals surface area (Å²) < 4.78 is 18.4. The monoisotopic (exact) mass is 284 g/mol. The molecule has 0 aliphatic heterocycles. The number of carbonyl (C=O) groups excluding carboxylic acids is 1. The number of carboxylic acids is 1. The lowest BCUT2D eigenvalue weighted by molar-refractivity contribution is -0.141. The van der Waals surface area contributed by atoms with Crippen LogP contribution in [0.1, 0.15) is 13.3 Å². The van der Waals surface area contributed by atoms with Gasteiger partial charge in [-0.15, -0.1) is 0 Å². The highest BCUT2D eigenvalue weighted by Gasteiger charge is 2.16. The van der Waals surface area contributed by atoms with Gasteiger partial charge in [-0.1, -0.05) is 6.92 Å². The summed E-state index contributed by atoms with van der Waals surface area (Å²) in [5.74, 6) is -1.86. The van der Waals surface area contributed by atoms with Crippen LogP contribution in [-0.2, 0) is 4.79 Å². The van der Waals surface area contributed by atoms with Gasteiger partial charge in [0.15, 0.2) is 0 Å². The molecule has 0 fully saturated rings. The number of hydrogen-bond donors (Lipinski definition) is 3. The number of carboxylic acid groups (broad SMARTS) is 1. The van der Waals surface area contributed by atoms with E-state index in [9.17, 15) is 14.0 Å². The summed E-state index contributed by atoms with van der Waals surface area (Å²) in [5, 5.41) is 13.5. The molecule has 0 bridgehead atoms. The number of methoxy groups -OCH3 is 1. The van der Waals surface area contributed by atoms with Gasteiger partial charge in [-0.25, -0.2) is 9.18 Å². The van der Waals surface area contributed by atoms with Gasteiger partial charge in [-0.05, 0) is 18.6 Å². The molecule has 1 atom stereocenters. The Morgan fingerprint density at radius 2 is 2.15 bits per heavy atom. The van der Waals surface area contributed by atoms with Crippen LogP contribution >= 0.6 is 0 Å². The van der Waals surface area contributed by atoms with E-state index in [-0.39, 0.29) is 12.2 Å². The number of amides is 2. The highest BCUT2D eigenvalue weighted by molar-refractivity contribution is 5.89. The first-order valence-electron chi connectivity index (χ1n) is 6.09. The quantitative estimate of drug-likeness (QED) is 0.746. The van der Waals surface area contributed by atoms with Crippen LogP contribution in [-0.4, -0.2) is 30.8 Å². The summed E-state index contributed by atoms with van der Waals surface area (Å²) >= 11 is 0. The van der Waals surface area contributed by atoms with Crippen molar-refractivity contribution in [2.24, 2.45) is 5.92 Å². The maximum absolute atomic E-state index is 13.5. The fourth-order valence-electron chi connectivity index (χ4n) is 1.52. The van der Waals surface area contributed by atoms with Gasteiger partial charge < -0.3 is 20.5 Å².